The van der Waals surface area contributed by atoms with E-state index in [1.165, 1.54) is 6.92 Å². The fraction of sp³-hybridized carbons (Fsp3) is 0.250. The molecule has 0 spiro atoms. The minimum absolute atomic E-state index is 0.390. The van der Waals surface area contributed by atoms with Gasteiger partial charge in [-0.3, -0.25) is 4.79 Å². The van der Waals surface area contributed by atoms with Crippen LogP contribution in [0.3, 0.4) is 0 Å². The molecule has 2 aromatic rings. The van der Waals surface area contributed by atoms with Crippen molar-refractivity contribution in [3.63, 3.8) is 0 Å². The van der Waals surface area contributed by atoms with Crippen LogP contribution in [0.15, 0.2) is 42.6 Å². The largest absolute Gasteiger partial charge is 0.497 e. The smallest absolute Gasteiger partial charge is 0.355 e. The first-order chi connectivity index (χ1) is 10.5. The van der Waals surface area contributed by atoms with E-state index in [1.807, 2.05) is 0 Å². The Morgan fingerprint density at radius 2 is 2.00 bits per heavy atom. The van der Waals surface area contributed by atoms with E-state index in [1.54, 1.807) is 61.3 Å². The molecule has 0 saturated heterocycles. The third kappa shape index (κ3) is 3.66. The van der Waals surface area contributed by atoms with E-state index < -0.39 is 18.0 Å². The van der Waals surface area contributed by atoms with Crippen molar-refractivity contribution in [2.75, 3.05) is 12.4 Å². The van der Waals surface area contributed by atoms with Gasteiger partial charge in [0.05, 0.1) is 7.11 Å². The maximum atomic E-state index is 12.1. The van der Waals surface area contributed by atoms with E-state index in [-0.39, 0.29) is 0 Å². The molecule has 1 heterocycles. The highest BCUT2D eigenvalue weighted by Gasteiger charge is 2.20. The number of anilines is 1. The third-order valence-corrected chi connectivity index (χ3v) is 3.14. The van der Waals surface area contributed by atoms with Gasteiger partial charge in [0.2, 0.25) is 0 Å². The van der Waals surface area contributed by atoms with Gasteiger partial charge in [0.15, 0.2) is 6.10 Å². The number of benzene rings is 1. The highest BCUT2D eigenvalue weighted by atomic mass is 16.5. The van der Waals surface area contributed by atoms with Crippen molar-refractivity contribution in [3.05, 3.63) is 48.3 Å². The molecule has 0 aliphatic rings. The van der Waals surface area contributed by atoms with Crippen molar-refractivity contribution in [3.8, 4) is 5.75 Å². The minimum atomic E-state index is -0.909. The van der Waals surface area contributed by atoms with Gasteiger partial charge in [0.1, 0.15) is 11.4 Å². The van der Waals surface area contributed by atoms with Gasteiger partial charge in [-0.2, -0.15) is 0 Å². The Morgan fingerprint density at radius 1 is 1.23 bits per heavy atom. The van der Waals surface area contributed by atoms with Gasteiger partial charge in [-0.05, 0) is 31.2 Å². The molecule has 1 aromatic heterocycles. The van der Waals surface area contributed by atoms with Crippen molar-refractivity contribution < 1.29 is 19.1 Å². The standard InChI is InChI=1S/C16H18N2O4/c1-11(22-16(20)14-8-5-9-18(14)2)15(19)17-12-6-4-7-13(10-12)21-3/h4-11H,1-3H3,(H,17,19)/t11-/m0/s1. The summed E-state index contributed by atoms with van der Waals surface area (Å²) in [5.41, 5.74) is 0.965. The minimum Gasteiger partial charge on any atom is -0.497 e. The molecule has 0 fully saturated rings. The van der Waals surface area contributed by atoms with Crippen molar-refractivity contribution in [2.45, 2.75) is 13.0 Å². The summed E-state index contributed by atoms with van der Waals surface area (Å²) in [5.74, 6) is -0.317. The highest BCUT2D eigenvalue weighted by Crippen LogP contribution is 2.17. The van der Waals surface area contributed by atoms with Gasteiger partial charge in [-0.1, -0.05) is 6.07 Å². The monoisotopic (exact) mass is 302 g/mol. The van der Waals surface area contributed by atoms with Gasteiger partial charge in [-0.25, -0.2) is 4.79 Å². The second-order valence-corrected chi connectivity index (χ2v) is 4.77. The molecule has 0 saturated carbocycles. The van der Waals surface area contributed by atoms with Gasteiger partial charge >= 0.3 is 5.97 Å². The number of hydrogen-bond acceptors (Lipinski definition) is 4. The summed E-state index contributed by atoms with van der Waals surface area (Å²) >= 11 is 0. The molecule has 22 heavy (non-hydrogen) atoms. The number of carbonyl (C=O) groups excluding carboxylic acids is 2. The Kier molecular flexibility index (Phi) is 4.83. The van der Waals surface area contributed by atoms with Gasteiger partial charge in [0.25, 0.3) is 5.91 Å². The maximum Gasteiger partial charge on any atom is 0.355 e. The van der Waals surface area contributed by atoms with Crippen LogP contribution in [0, 0.1) is 0 Å². The summed E-state index contributed by atoms with van der Waals surface area (Å²) in [7, 11) is 3.28. The number of rotatable bonds is 5. The van der Waals surface area contributed by atoms with Crippen molar-refractivity contribution in [1.82, 2.24) is 4.57 Å². The number of ether oxygens (including phenoxy) is 2. The van der Waals surface area contributed by atoms with Crippen LogP contribution >= 0.6 is 0 Å². The Bertz CT molecular complexity index is 678. The lowest BCUT2D eigenvalue weighted by molar-refractivity contribution is -0.123. The molecule has 2 rings (SSSR count). The molecule has 0 bridgehead atoms. The van der Waals surface area contributed by atoms with Crippen LogP contribution in [0.1, 0.15) is 17.4 Å². The Hall–Kier alpha value is -2.76. The Labute approximate surface area is 128 Å². The molecule has 6 heteroatoms. The molecular weight excluding hydrogens is 284 g/mol. The zero-order valence-corrected chi connectivity index (χ0v) is 12.7. The number of aromatic nitrogens is 1. The lowest BCUT2D eigenvalue weighted by atomic mass is 10.3. The van der Waals surface area contributed by atoms with Gasteiger partial charge in [-0.15, -0.1) is 0 Å². The van der Waals surface area contributed by atoms with E-state index in [2.05, 4.69) is 5.32 Å². The lowest BCUT2D eigenvalue weighted by Crippen LogP contribution is -2.30. The Morgan fingerprint density at radius 3 is 2.64 bits per heavy atom. The quantitative estimate of drug-likeness (QED) is 0.860. The van der Waals surface area contributed by atoms with Gasteiger partial charge in [0, 0.05) is 25.0 Å². The van der Waals surface area contributed by atoms with E-state index in [4.69, 9.17) is 9.47 Å². The number of aryl methyl sites for hydroxylation is 1. The van der Waals surface area contributed by atoms with Gasteiger partial charge < -0.3 is 19.4 Å². The summed E-state index contributed by atoms with van der Waals surface area (Å²) in [6.45, 7) is 1.52. The number of hydrogen-bond donors (Lipinski definition) is 1. The average Bonchev–Trinajstić information content (AvgIpc) is 2.93. The van der Waals surface area contributed by atoms with Crippen LogP contribution in [0.25, 0.3) is 0 Å². The molecule has 1 amide bonds. The molecule has 116 valence electrons. The number of carbonyl (C=O) groups is 2. The lowest BCUT2D eigenvalue weighted by Gasteiger charge is -2.14. The van der Waals surface area contributed by atoms with Crippen LogP contribution in [0.5, 0.6) is 5.75 Å². The zero-order valence-electron chi connectivity index (χ0n) is 12.7. The predicted molar refractivity (Wildman–Crippen MR) is 81.9 cm³/mol. The van der Waals surface area contributed by atoms with Crippen LogP contribution in [0.2, 0.25) is 0 Å². The molecule has 0 aliphatic heterocycles. The Balaban J connectivity index is 1.97. The maximum absolute atomic E-state index is 12.1. The van der Waals surface area contributed by atoms with Crippen molar-refractivity contribution >= 4 is 17.6 Å². The first-order valence-electron chi connectivity index (χ1n) is 6.78. The van der Waals surface area contributed by atoms with E-state index in [0.29, 0.717) is 17.1 Å². The second kappa shape index (κ2) is 6.80. The number of methoxy groups -OCH3 is 1. The van der Waals surface area contributed by atoms with Crippen LogP contribution in [-0.2, 0) is 16.6 Å². The molecule has 6 nitrogen and oxygen atoms in total. The number of nitrogens with zero attached hydrogens (tertiary/aromatic N) is 1. The SMILES string of the molecule is COc1cccc(NC(=O)[C@H](C)OC(=O)c2cccn2C)c1. The van der Waals surface area contributed by atoms with Crippen LogP contribution in [-0.4, -0.2) is 29.7 Å². The molecule has 0 unspecified atom stereocenters. The third-order valence-electron chi connectivity index (χ3n) is 3.14. The summed E-state index contributed by atoms with van der Waals surface area (Å²) < 4.78 is 11.9. The second-order valence-electron chi connectivity index (χ2n) is 4.77. The van der Waals surface area contributed by atoms with Crippen LogP contribution in [0.4, 0.5) is 5.69 Å². The van der Waals surface area contributed by atoms with E-state index in [9.17, 15) is 9.59 Å². The summed E-state index contributed by atoms with van der Waals surface area (Å²) in [6, 6.07) is 10.3. The fourth-order valence-corrected chi connectivity index (χ4v) is 1.89. The zero-order chi connectivity index (χ0) is 16.1. The van der Waals surface area contributed by atoms with Crippen molar-refractivity contribution in [2.24, 2.45) is 7.05 Å². The van der Waals surface area contributed by atoms with Crippen molar-refractivity contribution in [1.29, 1.82) is 0 Å². The summed E-state index contributed by atoms with van der Waals surface area (Å²) in [6.07, 6.45) is 0.825. The first-order valence-corrected chi connectivity index (χ1v) is 6.78. The molecule has 0 aliphatic carbocycles. The highest BCUT2D eigenvalue weighted by molar-refractivity contribution is 5.97. The fourth-order valence-electron chi connectivity index (χ4n) is 1.89. The summed E-state index contributed by atoms with van der Waals surface area (Å²) in [4.78, 5) is 24.0. The van der Waals surface area contributed by atoms with E-state index >= 15 is 0 Å². The number of esters is 1. The molecule has 0 radical (unpaired) electrons. The summed E-state index contributed by atoms with van der Waals surface area (Å²) in [5, 5.41) is 2.68. The topological polar surface area (TPSA) is 69.6 Å². The average molecular weight is 302 g/mol. The van der Waals surface area contributed by atoms with Crippen LogP contribution < -0.4 is 10.1 Å². The number of amides is 1. The molecule has 1 N–H and O–H groups in total. The number of nitrogens with one attached hydrogen (secondary N) is 1. The molecule has 1 atom stereocenters. The first kappa shape index (κ1) is 15.6. The molecular formula is C16H18N2O4. The normalized spacial score (nSPS) is 11.6. The molecule has 1 aromatic carbocycles. The van der Waals surface area contributed by atoms with E-state index in [0.717, 1.165) is 0 Å². The predicted octanol–water partition coefficient (Wildman–Crippen LogP) is 2.22.